The van der Waals surface area contributed by atoms with E-state index in [0.29, 0.717) is 15.7 Å². The molecule has 3 amide bonds. The molecule has 0 spiro atoms. The Morgan fingerprint density at radius 3 is 2.55 bits per heavy atom. The van der Waals surface area contributed by atoms with E-state index in [2.05, 4.69) is 5.32 Å². The normalized spacial score (nSPS) is 16.2. The van der Waals surface area contributed by atoms with Crippen LogP contribution in [-0.4, -0.2) is 41.1 Å². The Hall–Kier alpha value is -2.77. The fourth-order valence-electron chi connectivity index (χ4n) is 2.60. The van der Waals surface area contributed by atoms with Gasteiger partial charge in [0.05, 0.1) is 4.91 Å². The van der Waals surface area contributed by atoms with E-state index in [4.69, 9.17) is 16.3 Å². The van der Waals surface area contributed by atoms with Gasteiger partial charge in [-0.3, -0.25) is 19.3 Å². The molecule has 0 bridgehead atoms. The number of hydrogen-bond donors (Lipinski definition) is 1. The van der Waals surface area contributed by atoms with E-state index in [-0.39, 0.29) is 30.1 Å². The number of carbonyl (C=O) groups excluding carboxylic acids is 3. The number of carbonyl (C=O) groups is 3. The quantitative estimate of drug-likeness (QED) is 0.673. The maximum Gasteiger partial charge on any atom is 0.293 e. The Labute approximate surface area is 177 Å². The number of halogens is 1. The highest BCUT2D eigenvalue weighted by molar-refractivity contribution is 8.18. The fourth-order valence-corrected chi connectivity index (χ4v) is 3.59. The first kappa shape index (κ1) is 21.0. The summed E-state index contributed by atoms with van der Waals surface area (Å²) in [6, 6.07) is 16.0. The van der Waals surface area contributed by atoms with Gasteiger partial charge in [-0.05, 0) is 54.6 Å². The van der Waals surface area contributed by atoms with Gasteiger partial charge in [-0.25, -0.2) is 0 Å². The van der Waals surface area contributed by atoms with E-state index in [9.17, 15) is 14.4 Å². The molecule has 2 aromatic rings. The van der Waals surface area contributed by atoms with Crippen molar-refractivity contribution in [1.82, 2.24) is 10.2 Å². The third kappa shape index (κ3) is 5.62. The van der Waals surface area contributed by atoms with Gasteiger partial charge < -0.3 is 10.1 Å². The summed E-state index contributed by atoms with van der Waals surface area (Å²) in [7, 11) is 0. The van der Waals surface area contributed by atoms with Crippen molar-refractivity contribution in [1.29, 1.82) is 0 Å². The zero-order valence-electron chi connectivity index (χ0n) is 15.6. The number of thioether (sulfide) groups is 1. The molecule has 1 heterocycles. The molecule has 150 valence electrons. The van der Waals surface area contributed by atoms with Crippen molar-refractivity contribution in [3.05, 3.63) is 70.1 Å². The van der Waals surface area contributed by atoms with E-state index >= 15 is 0 Å². The molecule has 1 saturated heterocycles. The smallest absolute Gasteiger partial charge is 0.293 e. The molecule has 1 atom stereocenters. The molecule has 1 unspecified atom stereocenters. The summed E-state index contributed by atoms with van der Waals surface area (Å²) in [5.41, 5.74) is 0.847. The van der Waals surface area contributed by atoms with Crippen LogP contribution in [0.1, 0.15) is 12.5 Å². The van der Waals surface area contributed by atoms with E-state index < -0.39 is 6.10 Å². The number of hydrogen-bond acceptors (Lipinski definition) is 5. The second-order valence-corrected chi connectivity index (χ2v) is 7.68. The lowest BCUT2D eigenvalue weighted by Gasteiger charge is -2.16. The summed E-state index contributed by atoms with van der Waals surface area (Å²) in [6.07, 6.45) is 0.954. The molecule has 6 nitrogen and oxygen atoms in total. The first-order chi connectivity index (χ1) is 13.9. The highest BCUT2D eigenvalue weighted by atomic mass is 35.5. The highest BCUT2D eigenvalue weighted by Gasteiger charge is 2.34. The van der Waals surface area contributed by atoms with Crippen LogP contribution in [0.25, 0.3) is 6.08 Å². The largest absolute Gasteiger partial charge is 0.481 e. The molecule has 1 N–H and O–H groups in total. The van der Waals surface area contributed by atoms with E-state index in [0.717, 1.165) is 22.2 Å². The Bertz CT molecular complexity index is 931. The minimum Gasteiger partial charge on any atom is -0.481 e. The van der Waals surface area contributed by atoms with Gasteiger partial charge in [0.15, 0.2) is 6.10 Å². The van der Waals surface area contributed by atoms with Gasteiger partial charge in [-0.2, -0.15) is 0 Å². The van der Waals surface area contributed by atoms with Crippen molar-refractivity contribution in [2.24, 2.45) is 0 Å². The van der Waals surface area contributed by atoms with E-state index in [1.165, 1.54) is 0 Å². The molecule has 8 heteroatoms. The topological polar surface area (TPSA) is 75.7 Å². The maximum atomic E-state index is 12.5. The standard InChI is InChI=1S/C21H19ClN2O4S/c1-14(28-17-9-7-16(22)8-10-17)19(25)23-11-12-24-20(26)18(29-21(24)27)13-15-5-3-2-4-6-15/h2-10,13-14H,11-12H2,1H3,(H,23,25)/b18-13+. The minimum atomic E-state index is -0.732. The molecule has 3 rings (SSSR count). The van der Waals surface area contributed by atoms with Crippen molar-refractivity contribution in [2.75, 3.05) is 13.1 Å². The summed E-state index contributed by atoms with van der Waals surface area (Å²) >= 11 is 6.72. The van der Waals surface area contributed by atoms with Crippen LogP contribution in [0.2, 0.25) is 5.02 Å². The van der Waals surface area contributed by atoms with Crippen LogP contribution in [0, 0.1) is 0 Å². The van der Waals surface area contributed by atoms with Crippen LogP contribution in [-0.2, 0) is 9.59 Å². The number of benzene rings is 2. The lowest BCUT2D eigenvalue weighted by Crippen LogP contribution is -2.41. The number of imide groups is 1. The van der Waals surface area contributed by atoms with Crippen molar-refractivity contribution in [2.45, 2.75) is 13.0 Å². The van der Waals surface area contributed by atoms with Crippen LogP contribution in [0.15, 0.2) is 59.5 Å². The molecule has 0 aromatic heterocycles. The third-order valence-electron chi connectivity index (χ3n) is 4.10. The predicted octanol–water partition coefficient (Wildman–Crippen LogP) is 3.96. The fraction of sp³-hybridized carbons (Fsp3) is 0.190. The van der Waals surface area contributed by atoms with Crippen molar-refractivity contribution < 1.29 is 19.1 Å². The lowest BCUT2D eigenvalue weighted by molar-refractivity contribution is -0.128. The summed E-state index contributed by atoms with van der Waals surface area (Å²) in [5.74, 6) is -0.177. The Morgan fingerprint density at radius 2 is 1.86 bits per heavy atom. The molecule has 29 heavy (non-hydrogen) atoms. The van der Waals surface area contributed by atoms with Crippen LogP contribution in [0.4, 0.5) is 4.79 Å². The van der Waals surface area contributed by atoms with Crippen molar-refractivity contribution in [3.8, 4) is 5.75 Å². The highest BCUT2D eigenvalue weighted by Crippen LogP contribution is 2.31. The van der Waals surface area contributed by atoms with Gasteiger partial charge in [0.25, 0.3) is 17.1 Å². The van der Waals surface area contributed by atoms with Gasteiger partial charge >= 0.3 is 0 Å². The molecule has 1 aliphatic rings. The average molecular weight is 431 g/mol. The monoisotopic (exact) mass is 430 g/mol. The summed E-state index contributed by atoms with van der Waals surface area (Å²) in [4.78, 5) is 38.3. The predicted molar refractivity (Wildman–Crippen MR) is 114 cm³/mol. The zero-order chi connectivity index (χ0) is 20.8. The van der Waals surface area contributed by atoms with Crippen LogP contribution in [0.3, 0.4) is 0 Å². The van der Waals surface area contributed by atoms with Crippen LogP contribution < -0.4 is 10.1 Å². The molecule has 0 aliphatic carbocycles. The first-order valence-electron chi connectivity index (χ1n) is 8.94. The molecule has 0 radical (unpaired) electrons. The summed E-state index contributed by atoms with van der Waals surface area (Å²) in [6.45, 7) is 1.85. The molecule has 2 aromatic carbocycles. The van der Waals surface area contributed by atoms with Crippen molar-refractivity contribution >= 4 is 46.5 Å². The number of ether oxygens (including phenoxy) is 1. The third-order valence-corrected chi connectivity index (χ3v) is 5.26. The molecule has 1 fully saturated rings. The average Bonchev–Trinajstić information content (AvgIpc) is 2.97. The number of nitrogens with one attached hydrogen (secondary N) is 1. The van der Waals surface area contributed by atoms with Crippen LogP contribution in [0.5, 0.6) is 5.75 Å². The molecular formula is C21H19ClN2O4S. The molecule has 1 aliphatic heterocycles. The molecular weight excluding hydrogens is 412 g/mol. The SMILES string of the molecule is CC(Oc1ccc(Cl)cc1)C(=O)NCCN1C(=O)S/C(=C/c2ccccc2)C1=O. The number of rotatable bonds is 7. The second-order valence-electron chi connectivity index (χ2n) is 6.25. The number of nitrogens with zero attached hydrogens (tertiary/aromatic N) is 1. The Kier molecular flexibility index (Phi) is 6.95. The van der Waals surface area contributed by atoms with Gasteiger partial charge in [0, 0.05) is 18.1 Å². The Morgan fingerprint density at radius 1 is 1.17 bits per heavy atom. The zero-order valence-corrected chi connectivity index (χ0v) is 17.2. The number of amides is 3. The molecule has 0 saturated carbocycles. The van der Waals surface area contributed by atoms with Crippen LogP contribution >= 0.6 is 23.4 Å². The minimum absolute atomic E-state index is 0.0935. The van der Waals surface area contributed by atoms with Crippen molar-refractivity contribution in [3.63, 3.8) is 0 Å². The Balaban J connectivity index is 1.50. The van der Waals surface area contributed by atoms with E-state index in [1.807, 2.05) is 30.3 Å². The van der Waals surface area contributed by atoms with Gasteiger partial charge in [0.1, 0.15) is 5.75 Å². The summed E-state index contributed by atoms with van der Waals surface area (Å²) in [5, 5.41) is 2.91. The summed E-state index contributed by atoms with van der Waals surface area (Å²) < 4.78 is 5.55. The maximum absolute atomic E-state index is 12.5. The second kappa shape index (κ2) is 9.62. The van der Waals surface area contributed by atoms with Gasteiger partial charge in [0.2, 0.25) is 0 Å². The first-order valence-corrected chi connectivity index (χ1v) is 10.1. The van der Waals surface area contributed by atoms with Gasteiger partial charge in [-0.15, -0.1) is 0 Å². The van der Waals surface area contributed by atoms with E-state index in [1.54, 1.807) is 37.3 Å². The van der Waals surface area contributed by atoms with Gasteiger partial charge in [-0.1, -0.05) is 41.9 Å². The lowest BCUT2D eigenvalue weighted by atomic mass is 10.2.